The number of hydrogen-bond acceptors (Lipinski definition) is 4. The lowest BCUT2D eigenvalue weighted by atomic mass is 10.0. The van der Waals surface area contributed by atoms with Crippen LogP contribution in [0.5, 0.6) is 0 Å². The number of pyridine rings is 1. The summed E-state index contributed by atoms with van der Waals surface area (Å²) >= 11 is 0. The van der Waals surface area contributed by atoms with Gasteiger partial charge in [-0.2, -0.15) is 0 Å². The van der Waals surface area contributed by atoms with Gasteiger partial charge in [-0.15, -0.1) is 24.8 Å². The predicted octanol–water partition coefficient (Wildman–Crippen LogP) is 3.49. The number of carbonyl (C=O) groups excluding carboxylic acids is 2. The molecule has 0 aliphatic rings. The lowest BCUT2D eigenvalue weighted by Gasteiger charge is -2.14. The third-order valence-corrected chi connectivity index (χ3v) is 3.39. The summed E-state index contributed by atoms with van der Waals surface area (Å²) in [6.07, 6.45) is 3.80. The van der Waals surface area contributed by atoms with Crippen LogP contribution in [0, 0.1) is 5.92 Å². The maximum atomic E-state index is 12.3. The fourth-order valence-corrected chi connectivity index (χ4v) is 2.23. The van der Waals surface area contributed by atoms with Crippen molar-refractivity contribution in [2.45, 2.75) is 26.3 Å². The van der Waals surface area contributed by atoms with Gasteiger partial charge in [0.15, 0.2) is 0 Å². The monoisotopic (exact) mass is 398 g/mol. The van der Waals surface area contributed by atoms with Gasteiger partial charge in [0.2, 0.25) is 5.91 Å². The molecule has 0 radical (unpaired) electrons. The molecule has 2 rings (SSSR count). The molecule has 1 atom stereocenters. The van der Waals surface area contributed by atoms with Gasteiger partial charge in [-0.05, 0) is 42.7 Å². The molecule has 0 unspecified atom stereocenters. The first-order valence-electron chi connectivity index (χ1n) is 7.83. The molecule has 142 valence electrons. The van der Waals surface area contributed by atoms with Crippen molar-refractivity contribution in [3.8, 4) is 0 Å². The summed E-state index contributed by atoms with van der Waals surface area (Å²) < 4.78 is 0. The lowest BCUT2D eigenvalue weighted by Crippen LogP contribution is -2.36. The van der Waals surface area contributed by atoms with Gasteiger partial charge >= 0.3 is 0 Å². The van der Waals surface area contributed by atoms with E-state index in [4.69, 9.17) is 5.73 Å². The number of amides is 2. The zero-order chi connectivity index (χ0) is 17.5. The summed E-state index contributed by atoms with van der Waals surface area (Å²) in [4.78, 5) is 28.2. The van der Waals surface area contributed by atoms with Crippen molar-refractivity contribution in [3.63, 3.8) is 0 Å². The highest BCUT2D eigenvalue weighted by Crippen LogP contribution is 2.14. The zero-order valence-electron chi connectivity index (χ0n) is 14.6. The molecule has 26 heavy (non-hydrogen) atoms. The first kappa shape index (κ1) is 23.9. The molecular formula is C18H24Cl2N4O2. The molecule has 0 aliphatic carbocycles. The minimum absolute atomic E-state index is 0. The van der Waals surface area contributed by atoms with E-state index < -0.39 is 6.04 Å². The fourth-order valence-electron chi connectivity index (χ4n) is 2.23. The average molecular weight is 399 g/mol. The molecule has 1 aromatic carbocycles. The van der Waals surface area contributed by atoms with Crippen LogP contribution in [0.15, 0.2) is 48.8 Å². The minimum Gasteiger partial charge on any atom is -0.325 e. The summed E-state index contributed by atoms with van der Waals surface area (Å²) in [6, 6.07) is 9.58. The van der Waals surface area contributed by atoms with Gasteiger partial charge in [0.25, 0.3) is 5.91 Å². The number of nitrogens with one attached hydrogen (secondary N) is 2. The number of carbonyl (C=O) groups is 2. The second-order valence-electron chi connectivity index (χ2n) is 6.00. The van der Waals surface area contributed by atoms with Crippen LogP contribution >= 0.6 is 24.8 Å². The second kappa shape index (κ2) is 11.5. The topological polar surface area (TPSA) is 97.1 Å². The van der Waals surface area contributed by atoms with Crippen LogP contribution < -0.4 is 16.4 Å². The molecule has 2 aromatic rings. The standard InChI is InChI=1S/C18H22N4O2.2ClH/c1-12(2)10-16(19)18(24)22-15-5-3-4-13(11-15)17(23)21-14-6-8-20-9-7-14;;/h3-9,11-12,16H,10,19H2,1-2H3,(H,22,24)(H,20,21,23);2*1H/t16-;;/m0../s1. The Kier molecular flexibility index (Phi) is 10.5. The first-order chi connectivity index (χ1) is 11.5. The van der Waals surface area contributed by atoms with E-state index in [9.17, 15) is 9.59 Å². The zero-order valence-corrected chi connectivity index (χ0v) is 16.3. The third-order valence-electron chi connectivity index (χ3n) is 3.39. The van der Waals surface area contributed by atoms with E-state index >= 15 is 0 Å². The van der Waals surface area contributed by atoms with Crippen molar-refractivity contribution in [1.29, 1.82) is 0 Å². The SMILES string of the molecule is CC(C)C[C@H](N)C(=O)Nc1cccc(C(=O)Nc2ccncc2)c1.Cl.Cl. The molecule has 1 aromatic heterocycles. The molecule has 0 saturated heterocycles. The molecule has 0 fully saturated rings. The van der Waals surface area contributed by atoms with Crippen LogP contribution in [0.3, 0.4) is 0 Å². The third kappa shape index (κ3) is 7.39. The number of benzene rings is 1. The van der Waals surface area contributed by atoms with E-state index in [0.29, 0.717) is 29.3 Å². The molecule has 4 N–H and O–H groups in total. The van der Waals surface area contributed by atoms with Gasteiger partial charge in [0.05, 0.1) is 6.04 Å². The normalized spacial score (nSPS) is 10.9. The summed E-state index contributed by atoms with van der Waals surface area (Å²) in [5.41, 5.74) is 7.51. The van der Waals surface area contributed by atoms with Crippen molar-refractivity contribution in [1.82, 2.24) is 4.98 Å². The van der Waals surface area contributed by atoms with Crippen LogP contribution in [0.1, 0.15) is 30.6 Å². The van der Waals surface area contributed by atoms with Gasteiger partial charge in [0.1, 0.15) is 0 Å². The molecule has 0 saturated carbocycles. The Morgan fingerprint density at radius 1 is 1.04 bits per heavy atom. The quantitative estimate of drug-likeness (QED) is 0.693. The molecule has 8 heteroatoms. The van der Waals surface area contributed by atoms with Gasteiger partial charge in [-0.1, -0.05) is 19.9 Å². The predicted molar refractivity (Wildman–Crippen MR) is 109 cm³/mol. The van der Waals surface area contributed by atoms with Gasteiger partial charge in [0, 0.05) is 29.3 Å². The molecule has 1 heterocycles. The Labute approximate surface area is 165 Å². The van der Waals surface area contributed by atoms with E-state index in [1.807, 2.05) is 13.8 Å². The number of anilines is 2. The summed E-state index contributed by atoms with van der Waals surface area (Å²) in [7, 11) is 0. The summed E-state index contributed by atoms with van der Waals surface area (Å²) in [6.45, 7) is 4.02. The first-order valence-corrected chi connectivity index (χ1v) is 7.83. The Balaban J connectivity index is 0.00000312. The van der Waals surface area contributed by atoms with Gasteiger partial charge in [-0.25, -0.2) is 0 Å². The van der Waals surface area contributed by atoms with Crippen LogP contribution in [-0.2, 0) is 4.79 Å². The average Bonchev–Trinajstić information content (AvgIpc) is 2.55. The van der Waals surface area contributed by atoms with Gasteiger partial charge < -0.3 is 16.4 Å². The Bertz CT molecular complexity index is 711. The van der Waals surface area contributed by atoms with E-state index in [-0.39, 0.29) is 36.6 Å². The number of nitrogens with zero attached hydrogens (tertiary/aromatic N) is 1. The van der Waals surface area contributed by atoms with E-state index in [1.54, 1.807) is 48.8 Å². The number of nitrogens with two attached hydrogens (primary N) is 1. The minimum atomic E-state index is -0.570. The molecule has 0 bridgehead atoms. The van der Waals surface area contributed by atoms with Crippen molar-refractivity contribution in [2.24, 2.45) is 11.7 Å². The molecule has 6 nitrogen and oxygen atoms in total. The van der Waals surface area contributed by atoms with E-state index in [1.165, 1.54) is 0 Å². The van der Waals surface area contributed by atoms with Crippen molar-refractivity contribution in [2.75, 3.05) is 10.6 Å². The summed E-state index contributed by atoms with van der Waals surface area (Å²) in [5, 5.41) is 5.52. The van der Waals surface area contributed by atoms with Crippen molar-refractivity contribution < 1.29 is 9.59 Å². The Hall–Kier alpha value is -2.15. The van der Waals surface area contributed by atoms with E-state index in [0.717, 1.165) is 0 Å². The highest BCUT2D eigenvalue weighted by Gasteiger charge is 2.15. The van der Waals surface area contributed by atoms with E-state index in [2.05, 4.69) is 15.6 Å². The Morgan fingerprint density at radius 3 is 2.31 bits per heavy atom. The largest absolute Gasteiger partial charge is 0.325 e. The molecule has 0 spiro atoms. The number of aromatic nitrogens is 1. The number of rotatable bonds is 6. The number of hydrogen-bond donors (Lipinski definition) is 3. The van der Waals surface area contributed by atoms with Crippen molar-refractivity contribution in [3.05, 3.63) is 54.4 Å². The molecular weight excluding hydrogens is 375 g/mol. The fraction of sp³-hybridized carbons (Fsp3) is 0.278. The molecule has 2 amide bonds. The molecule has 0 aliphatic heterocycles. The maximum Gasteiger partial charge on any atom is 0.255 e. The Morgan fingerprint density at radius 2 is 1.69 bits per heavy atom. The van der Waals surface area contributed by atoms with Crippen LogP contribution in [0.2, 0.25) is 0 Å². The second-order valence-corrected chi connectivity index (χ2v) is 6.00. The van der Waals surface area contributed by atoms with Crippen molar-refractivity contribution >= 4 is 48.0 Å². The smallest absolute Gasteiger partial charge is 0.255 e. The lowest BCUT2D eigenvalue weighted by molar-refractivity contribution is -0.117. The van der Waals surface area contributed by atoms with Crippen LogP contribution in [-0.4, -0.2) is 22.8 Å². The highest BCUT2D eigenvalue weighted by atomic mass is 35.5. The van der Waals surface area contributed by atoms with Gasteiger partial charge in [-0.3, -0.25) is 14.6 Å². The van der Waals surface area contributed by atoms with Crippen LogP contribution in [0.4, 0.5) is 11.4 Å². The van der Waals surface area contributed by atoms with Crippen LogP contribution in [0.25, 0.3) is 0 Å². The highest BCUT2D eigenvalue weighted by molar-refractivity contribution is 6.05. The maximum absolute atomic E-state index is 12.3. The summed E-state index contributed by atoms with van der Waals surface area (Å²) in [5.74, 6) is -0.178. The number of halogens is 2.